The molecule has 3 rings (SSSR count). The summed E-state index contributed by atoms with van der Waals surface area (Å²) in [5, 5.41) is 7.67. The molecule has 6 nitrogen and oxygen atoms in total. The molecule has 1 N–H and O–H groups in total. The Morgan fingerprint density at radius 1 is 1.42 bits per heavy atom. The van der Waals surface area contributed by atoms with E-state index in [1.54, 1.807) is 13.3 Å². The fourth-order valence-corrected chi connectivity index (χ4v) is 3.15. The summed E-state index contributed by atoms with van der Waals surface area (Å²) >= 11 is 0. The lowest BCUT2D eigenvalue weighted by molar-refractivity contribution is -0.122. The summed E-state index contributed by atoms with van der Waals surface area (Å²) in [5.74, 6) is 0.893. The average molecular weight is 328 g/mol. The maximum absolute atomic E-state index is 12.9. The van der Waals surface area contributed by atoms with Gasteiger partial charge in [-0.25, -0.2) is 0 Å². The van der Waals surface area contributed by atoms with Gasteiger partial charge in [0, 0.05) is 36.7 Å². The van der Waals surface area contributed by atoms with Crippen molar-refractivity contribution in [3.8, 4) is 5.75 Å². The highest BCUT2D eigenvalue weighted by Gasteiger charge is 2.30. The summed E-state index contributed by atoms with van der Waals surface area (Å²) < 4.78 is 7.15. The van der Waals surface area contributed by atoms with Crippen LogP contribution in [0.2, 0.25) is 0 Å². The average Bonchev–Trinajstić information content (AvgIpc) is 3.09. The second-order valence-electron chi connectivity index (χ2n) is 6.18. The Kier molecular flexibility index (Phi) is 5.15. The van der Waals surface area contributed by atoms with Gasteiger partial charge in [-0.3, -0.25) is 9.48 Å². The summed E-state index contributed by atoms with van der Waals surface area (Å²) in [6, 6.07) is 9.59. The lowest BCUT2D eigenvalue weighted by atomic mass is 10.0. The number of hydrogen-bond acceptors (Lipinski definition) is 4. The van der Waals surface area contributed by atoms with E-state index < -0.39 is 0 Å². The van der Waals surface area contributed by atoms with Crippen molar-refractivity contribution in [2.75, 3.05) is 18.6 Å². The van der Waals surface area contributed by atoms with Crippen molar-refractivity contribution in [3.63, 3.8) is 0 Å². The number of anilines is 1. The van der Waals surface area contributed by atoms with Crippen LogP contribution < -0.4 is 15.0 Å². The number of methoxy groups -OCH3 is 1. The number of hydrogen-bond donors (Lipinski definition) is 1. The quantitative estimate of drug-likeness (QED) is 0.882. The van der Waals surface area contributed by atoms with Gasteiger partial charge in [0.25, 0.3) is 0 Å². The molecule has 0 bridgehead atoms. The standard InChI is InChI=1S/C18H24N4O2/c1-14(13-21-10-5-9-19-21)20-17-8-4-11-22(18(17)23)15-6-3-7-16(12-15)24-2/h3,5-7,9-10,12,14,17,20H,4,8,11,13H2,1-2H3. The third kappa shape index (κ3) is 3.76. The zero-order chi connectivity index (χ0) is 16.9. The van der Waals surface area contributed by atoms with E-state index in [1.807, 2.05) is 46.1 Å². The normalized spacial score (nSPS) is 19.3. The second kappa shape index (κ2) is 7.49. The van der Waals surface area contributed by atoms with Gasteiger partial charge in [0.1, 0.15) is 5.75 Å². The summed E-state index contributed by atoms with van der Waals surface area (Å²) in [7, 11) is 1.64. The van der Waals surface area contributed by atoms with Crippen molar-refractivity contribution in [2.45, 2.75) is 38.4 Å². The van der Waals surface area contributed by atoms with Crippen LogP contribution in [0.1, 0.15) is 19.8 Å². The predicted molar refractivity (Wildman–Crippen MR) is 93.2 cm³/mol. The number of piperidine rings is 1. The van der Waals surface area contributed by atoms with Gasteiger partial charge < -0.3 is 15.0 Å². The van der Waals surface area contributed by atoms with E-state index in [0.29, 0.717) is 0 Å². The molecule has 2 heterocycles. The van der Waals surface area contributed by atoms with Gasteiger partial charge in [-0.2, -0.15) is 5.10 Å². The topological polar surface area (TPSA) is 59.4 Å². The molecule has 1 saturated heterocycles. The molecule has 0 aliphatic carbocycles. The monoisotopic (exact) mass is 328 g/mol. The number of amides is 1. The van der Waals surface area contributed by atoms with E-state index in [0.717, 1.165) is 37.4 Å². The summed E-state index contributed by atoms with van der Waals surface area (Å²) in [6.45, 7) is 3.58. The zero-order valence-electron chi connectivity index (χ0n) is 14.2. The fraction of sp³-hybridized carbons (Fsp3) is 0.444. The third-order valence-corrected chi connectivity index (χ3v) is 4.31. The van der Waals surface area contributed by atoms with Gasteiger partial charge in [0.2, 0.25) is 5.91 Å². The van der Waals surface area contributed by atoms with Crippen LogP contribution in [-0.4, -0.2) is 41.4 Å². The van der Waals surface area contributed by atoms with Crippen molar-refractivity contribution in [2.24, 2.45) is 0 Å². The van der Waals surface area contributed by atoms with Gasteiger partial charge in [0.15, 0.2) is 0 Å². The summed E-state index contributed by atoms with van der Waals surface area (Å²) in [5.41, 5.74) is 0.894. The highest BCUT2D eigenvalue weighted by atomic mass is 16.5. The lowest BCUT2D eigenvalue weighted by Crippen LogP contribution is -2.53. The molecule has 2 unspecified atom stereocenters. The number of ether oxygens (including phenoxy) is 1. The van der Waals surface area contributed by atoms with Crippen LogP contribution in [0.5, 0.6) is 5.75 Å². The summed E-state index contributed by atoms with van der Waals surface area (Å²) in [4.78, 5) is 14.7. The van der Waals surface area contributed by atoms with Crippen LogP contribution in [-0.2, 0) is 11.3 Å². The van der Waals surface area contributed by atoms with E-state index in [2.05, 4.69) is 17.3 Å². The molecule has 1 fully saturated rings. The molecule has 128 valence electrons. The molecular weight excluding hydrogens is 304 g/mol. The largest absolute Gasteiger partial charge is 0.497 e. The SMILES string of the molecule is COc1cccc(N2CCCC(NC(C)Cn3cccn3)C2=O)c1. The van der Waals surface area contributed by atoms with Crippen molar-refractivity contribution < 1.29 is 9.53 Å². The van der Waals surface area contributed by atoms with Crippen LogP contribution in [0.4, 0.5) is 5.69 Å². The molecule has 24 heavy (non-hydrogen) atoms. The van der Waals surface area contributed by atoms with E-state index in [-0.39, 0.29) is 18.0 Å². The lowest BCUT2D eigenvalue weighted by Gasteiger charge is -2.34. The minimum Gasteiger partial charge on any atom is -0.497 e. The second-order valence-corrected chi connectivity index (χ2v) is 6.18. The Labute approximate surface area is 142 Å². The zero-order valence-corrected chi connectivity index (χ0v) is 14.2. The molecule has 1 aromatic carbocycles. The maximum Gasteiger partial charge on any atom is 0.244 e. The molecule has 0 saturated carbocycles. The third-order valence-electron chi connectivity index (χ3n) is 4.31. The van der Waals surface area contributed by atoms with Crippen LogP contribution in [0, 0.1) is 0 Å². The van der Waals surface area contributed by atoms with E-state index in [1.165, 1.54) is 0 Å². The highest BCUT2D eigenvalue weighted by molar-refractivity contribution is 5.98. The number of aromatic nitrogens is 2. The molecule has 1 amide bonds. The number of rotatable bonds is 6. The van der Waals surface area contributed by atoms with Crippen LogP contribution in [0.25, 0.3) is 0 Å². The van der Waals surface area contributed by atoms with E-state index in [4.69, 9.17) is 4.74 Å². The van der Waals surface area contributed by atoms with Crippen LogP contribution in [0.3, 0.4) is 0 Å². The number of carbonyl (C=O) groups excluding carboxylic acids is 1. The highest BCUT2D eigenvalue weighted by Crippen LogP contribution is 2.25. The van der Waals surface area contributed by atoms with Crippen molar-refractivity contribution >= 4 is 11.6 Å². The van der Waals surface area contributed by atoms with Crippen LogP contribution in [0.15, 0.2) is 42.7 Å². The first-order chi connectivity index (χ1) is 11.7. The van der Waals surface area contributed by atoms with Crippen molar-refractivity contribution in [1.29, 1.82) is 0 Å². The number of carbonyl (C=O) groups is 1. The van der Waals surface area contributed by atoms with Gasteiger partial charge in [0.05, 0.1) is 19.7 Å². The maximum atomic E-state index is 12.9. The van der Waals surface area contributed by atoms with E-state index >= 15 is 0 Å². The number of nitrogens with zero attached hydrogens (tertiary/aromatic N) is 3. The molecule has 0 radical (unpaired) electrons. The molecule has 0 spiro atoms. The molecule has 1 aliphatic rings. The minimum absolute atomic E-state index is 0.127. The number of nitrogens with one attached hydrogen (secondary N) is 1. The minimum atomic E-state index is -0.157. The fourth-order valence-electron chi connectivity index (χ4n) is 3.15. The molecule has 1 aromatic heterocycles. The van der Waals surface area contributed by atoms with Crippen molar-refractivity contribution in [1.82, 2.24) is 15.1 Å². The van der Waals surface area contributed by atoms with Gasteiger partial charge in [-0.15, -0.1) is 0 Å². The first kappa shape index (κ1) is 16.5. The summed E-state index contributed by atoms with van der Waals surface area (Å²) in [6.07, 6.45) is 5.55. The Hall–Kier alpha value is -2.34. The smallest absolute Gasteiger partial charge is 0.244 e. The van der Waals surface area contributed by atoms with Crippen molar-refractivity contribution in [3.05, 3.63) is 42.7 Å². The van der Waals surface area contributed by atoms with Gasteiger partial charge in [-0.05, 0) is 38.0 Å². The predicted octanol–water partition coefficient (Wildman–Crippen LogP) is 2.07. The molecule has 6 heteroatoms. The molecule has 2 atom stereocenters. The van der Waals surface area contributed by atoms with Gasteiger partial charge in [-0.1, -0.05) is 6.07 Å². The Balaban J connectivity index is 1.65. The molecular formula is C18H24N4O2. The molecule has 1 aliphatic heterocycles. The van der Waals surface area contributed by atoms with Gasteiger partial charge >= 0.3 is 0 Å². The Morgan fingerprint density at radius 2 is 2.29 bits per heavy atom. The first-order valence-electron chi connectivity index (χ1n) is 8.36. The molecule has 2 aromatic rings. The first-order valence-corrected chi connectivity index (χ1v) is 8.36. The van der Waals surface area contributed by atoms with Crippen LogP contribution >= 0.6 is 0 Å². The Bertz CT molecular complexity index is 671. The van der Waals surface area contributed by atoms with E-state index in [9.17, 15) is 4.79 Å². The Morgan fingerprint density at radius 3 is 3.04 bits per heavy atom. The number of benzene rings is 1.